The summed E-state index contributed by atoms with van der Waals surface area (Å²) >= 11 is 0. The molecular formula is C16H16O. The zero-order valence-corrected chi connectivity index (χ0v) is 9.93. The van der Waals surface area contributed by atoms with Crippen LogP contribution >= 0.6 is 0 Å². The quantitative estimate of drug-likeness (QED) is 0.826. The van der Waals surface area contributed by atoms with Crippen LogP contribution in [0.3, 0.4) is 0 Å². The van der Waals surface area contributed by atoms with Crippen LogP contribution in [0.1, 0.15) is 30.4 Å². The predicted octanol–water partition coefficient (Wildman–Crippen LogP) is 3.57. The molecule has 1 aliphatic rings. The van der Waals surface area contributed by atoms with E-state index in [0.29, 0.717) is 5.92 Å². The molecule has 0 radical (unpaired) electrons. The molecule has 0 aromatic heterocycles. The van der Waals surface area contributed by atoms with E-state index in [2.05, 4.69) is 48.5 Å². The van der Waals surface area contributed by atoms with E-state index in [4.69, 9.17) is 0 Å². The molecule has 0 aliphatic heterocycles. The summed E-state index contributed by atoms with van der Waals surface area (Å²) in [5, 5.41) is 9.66. The SMILES string of the molecule is C[C@H](O)CC1c2ccccc2-c2ccccc21. The fourth-order valence-electron chi connectivity index (χ4n) is 2.85. The normalized spacial score (nSPS) is 15.4. The fourth-order valence-corrected chi connectivity index (χ4v) is 2.85. The van der Waals surface area contributed by atoms with E-state index in [0.717, 1.165) is 6.42 Å². The molecule has 1 aliphatic carbocycles. The lowest BCUT2D eigenvalue weighted by molar-refractivity contribution is 0.179. The highest BCUT2D eigenvalue weighted by molar-refractivity contribution is 5.78. The van der Waals surface area contributed by atoms with Gasteiger partial charge in [0.15, 0.2) is 0 Å². The summed E-state index contributed by atoms with van der Waals surface area (Å²) in [4.78, 5) is 0. The summed E-state index contributed by atoms with van der Waals surface area (Å²) in [5.74, 6) is 0.349. The lowest BCUT2D eigenvalue weighted by Gasteiger charge is -2.15. The van der Waals surface area contributed by atoms with Gasteiger partial charge >= 0.3 is 0 Å². The lowest BCUT2D eigenvalue weighted by Crippen LogP contribution is -2.07. The molecule has 2 aromatic rings. The summed E-state index contributed by atoms with van der Waals surface area (Å²) in [5.41, 5.74) is 5.37. The Balaban J connectivity index is 2.17. The molecule has 0 spiro atoms. The van der Waals surface area contributed by atoms with E-state index in [1.165, 1.54) is 22.3 Å². The van der Waals surface area contributed by atoms with Gasteiger partial charge in [-0.05, 0) is 35.6 Å². The van der Waals surface area contributed by atoms with Crippen LogP contribution < -0.4 is 0 Å². The van der Waals surface area contributed by atoms with Crippen molar-refractivity contribution in [2.24, 2.45) is 0 Å². The van der Waals surface area contributed by atoms with Crippen molar-refractivity contribution in [2.75, 3.05) is 0 Å². The average molecular weight is 224 g/mol. The van der Waals surface area contributed by atoms with Crippen molar-refractivity contribution in [3.05, 3.63) is 59.7 Å². The van der Waals surface area contributed by atoms with Crippen molar-refractivity contribution in [3.63, 3.8) is 0 Å². The Morgan fingerprint density at radius 1 is 0.941 bits per heavy atom. The summed E-state index contributed by atoms with van der Waals surface area (Å²) < 4.78 is 0. The largest absolute Gasteiger partial charge is 0.393 e. The van der Waals surface area contributed by atoms with Gasteiger partial charge in [0.2, 0.25) is 0 Å². The number of fused-ring (bicyclic) bond motifs is 3. The standard InChI is InChI=1S/C16H16O/c1-11(17)10-16-14-8-4-2-6-12(14)13-7-3-5-9-15(13)16/h2-9,11,16-17H,10H2,1H3/t11-/m0/s1. The lowest BCUT2D eigenvalue weighted by atomic mass is 9.92. The zero-order valence-electron chi connectivity index (χ0n) is 9.93. The smallest absolute Gasteiger partial charge is 0.0521 e. The number of aliphatic hydroxyl groups excluding tert-OH is 1. The first-order chi connectivity index (χ1) is 8.27. The first kappa shape index (κ1) is 10.5. The van der Waals surface area contributed by atoms with Crippen molar-refractivity contribution in [3.8, 4) is 11.1 Å². The Bertz CT molecular complexity index is 497. The maximum atomic E-state index is 9.66. The number of aliphatic hydroxyl groups is 1. The number of hydrogen-bond donors (Lipinski definition) is 1. The highest BCUT2D eigenvalue weighted by Crippen LogP contribution is 2.46. The van der Waals surface area contributed by atoms with E-state index in [1.54, 1.807) is 0 Å². The molecule has 2 aromatic carbocycles. The number of benzene rings is 2. The van der Waals surface area contributed by atoms with Crippen molar-refractivity contribution in [1.29, 1.82) is 0 Å². The first-order valence-electron chi connectivity index (χ1n) is 6.13. The molecule has 0 heterocycles. The molecule has 0 unspecified atom stereocenters. The Morgan fingerprint density at radius 2 is 1.41 bits per heavy atom. The number of rotatable bonds is 2. The van der Waals surface area contributed by atoms with Gasteiger partial charge in [0.05, 0.1) is 6.10 Å². The Kier molecular flexibility index (Phi) is 2.49. The van der Waals surface area contributed by atoms with Crippen LogP contribution in [0.5, 0.6) is 0 Å². The minimum atomic E-state index is -0.265. The van der Waals surface area contributed by atoms with Crippen LogP contribution in [0.2, 0.25) is 0 Å². The molecule has 0 amide bonds. The molecule has 1 atom stereocenters. The van der Waals surface area contributed by atoms with Gasteiger partial charge in [-0.2, -0.15) is 0 Å². The fraction of sp³-hybridized carbons (Fsp3) is 0.250. The van der Waals surface area contributed by atoms with Gasteiger partial charge in [-0.15, -0.1) is 0 Å². The third kappa shape index (κ3) is 1.67. The molecule has 1 nitrogen and oxygen atoms in total. The Morgan fingerprint density at radius 3 is 1.88 bits per heavy atom. The van der Waals surface area contributed by atoms with Crippen molar-refractivity contribution in [1.82, 2.24) is 0 Å². The van der Waals surface area contributed by atoms with Crippen LogP contribution in [0.4, 0.5) is 0 Å². The second-order valence-corrected chi connectivity index (χ2v) is 4.81. The van der Waals surface area contributed by atoms with Gasteiger partial charge in [-0.1, -0.05) is 48.5 Å². The van der Waals surface area contributed by atoms with Crippen LogP contribution in [0.25, 0.3) is 11.1 Å². The highest BCUT2D eigenvalue weighted by Gasteiger charge is 2.28. The van der Waals surface area contributed by atoms with E-state index < -0.39 is 0 Å². The molecule has 0 bridgehead atoms. The Labute approximate surface area is 102 Å². The van der Waals surface area contributed by atoms with Gasteiger partial charge in [-0.25, -0.2) is 0 Å². The van der Waals surface area contributed by atoms with Gasteiger partial charge in [0, 0.05) is 5.92 Å². The third-order valence-corrected chi connectivity index (χ3v) is 3.54. The zero-order chi connectivity index (χ0) is 11.8. The third-order valence-electron chi connectivity index (χ3n) is 3.54. The molecule has 0 saturated carbocycles. The van der Waals surface area contributed by atoms with Crippen molar-refractivity contribution >= 4 is 0 Å². The maximum Gasteiger partial charge on any atom is 0.0521 e. The second kappa shape index (κ2) is 4.01. The molecule has 1 N–H and O–H groups in total. The molecule has 0 fully saturated rings. The molecule has 1 heteroatoms. The van der Waals surface area contributed by atoms with Crippen molar-refractivity contribution < 1.29 is 5.11 Å². The van der Waals surface area contributed by atoms with E-state index >= 15 is 0 Å². The maximum absolute atomic E-state index is 9.66. The van der Waals surface area contributed by atoms with Crippen molar-refractivity contribution in [2.45, 2.75) is 25.4 Å². The van der Waals surface area contributed by atoms with E-state index in [-0.39, 0.29) is 6.10 Å². The monoisotopic (exact) mass is 224 g/mol. The molecule has 0 saturated heterocycles. The minimum absolute atomic E-state index is 0.265. The van der Waals surface area contributed by atoms with Gasteiger partial charge in [-0.3, -0.25) is 0 Å². The minimum Gasteiger partial charge on any atom is -0.393 e. The Hall–Kier alpha value is -1.60. The van der Waals surface area contributed by atoms with E-state index in [1.807, 2.05) is 6.92 Å². The summed E-state index contributed by atoms with van der Waals surface area (Å²) in [6, 6.07) is 17.1. The summed E-state index contributed by atoms with van der Waals surface area (Å²) in [7, 11) is 0. The van der Waals surface area contributed by atoms with Gasteiger partial charge in [0.25, 0.3) is 0 Å². The van der Waals surface area contributed by atoms with Gasteiger partial charge in [0.1, 0.15) is 0 Å². The van der Waals surface area contributed by atoms with E-state index in [9.17, 15) is 5.11 Å². The molecule has 86 valence electrons. The summed E-state index contributed by atoms with van der Waals surface area (Å²) in [6.45, 7) is 1.86. The highest BCUT2D eigenvalue weighted by atomic mass is 16.3. The molecular weight excluding hydrogens is 208 g/mol. The first-order valence-corrected chi connectivity index (χ1v) is 6.13. The van der Waals surface area contributed by atoms with Crippen LogP contribution in [0, 0.1) is 0 Å². The number of hydrogen-bond acceptors (Lipinski definition) is 1. The summed E-state index contributed by atoms with van der Waals surface area (Å²) in [6.07, 6.45) is 0.535. The predicted molar refractivity (Wildman–Crippen MR) is 70.0 cm³/mol. The van der Waals surface area contributed by atoms with Crippen LogP contribution in [-0.2, 0) is 0 Å². The average Bonchev–Trinajstić information content (AvgIpc) is 2.65. The molecule has 17 heavy (non-hydrogen) atoms. The topological polar surface area (TPSA) is 20.2 Å². The molecule has 3 rings (SSSR count). The van der Waals surface area contributed by atoms with Crippen LogP contribution in [-0.4, -0.2) is 11.2 Å². The van der Waals surface area contributed by atoms with Gasteiger partial charge < -0.3 is 5.11 Å². The van der Waals surface area contributed by atoms with Crippen LogP contribution in [0.15, 0.2) is 48.5 Å². The second-order valence-electron chi connectivity index (χ2n) is 4.81.